The second kappa shape index (κ2) is 9.53. The van der Waals surface area contributed by atoms with Gasteiger partial charge >= 0.3 is 0 Å². The van der Waals surface area contributed by atoms with Gasteiger partial charge in [0.25, 0.3) is 5.91 Å². The normalized spacial score (nSPS) is 17.1. The molecular weight excluding hydrogens is 358 g/mol. The minimum absolute atomic E-state index is 0.0880. The van der Waals surface area contributed by atoms with E-state index in [-0.39, 0.29) is 30.6 Å². The molecule has 3 N–H and O–H groups in total. The predicted octanol–water partition coefficient (Wildman–Crippen LogP) is 1.44. The summed E-state index contributed by atoms with van der Waals surface area (Å²) in [6, 6.07) is 3.98. The summed E-state index contributed by atoms with van der Waals surface area (Å²) >= 11 is 0. The van der Waals surface area contributed by atoms with E-state index in [1.165, 1.54) is 0 Å². The molecule has 0 aromatic carbocycles. The van der Waals surface area contributed by atoms with Crippen molar-refractivity contribution < 1.29 is 15.0 Å². The van der Waals surface area contributed by atoms with Crippen LogP contribution in [0.4, 0.5) is 11.4 Å². The number of rotatable bonds is 7. The minimum atomic E-state index is -0.306. The van der Waals surface area contributed by atoms with Crippen molar-refractivity contribution >= 4 is 17.3 Å². The second-order valence-corrected chi connectivity index (χ2v) is 7.10. The molecule has 0 bridgehead atoms. The molecule has 1 fully saturated rings. The zero-order valence-corrected chi connectivity index (χ0v) is 16.0. The third-order valence-electron chi connectivity index (χ3n) is 5.37. The maximum Gasteiger partial charge on any atom is 0.266 e. The van der Waals surface area contributed by atoms with Gasteiger partial charge in [0.15, 0.2) is 0 Å². The van der Waals surface area contributed by atoms with Crippen molar-refractivity contribution in [1.82, 2.24) is 9.88 Å². The van der Waals surface area contributed by atoms with Gasteiger partial charge in [-0.2, -0.15) is 5.26 Å². The van der Waals surface area contributed by atoms with Crippen molar-refractivity contribution in [1.29, 1.82) is 5.26 Å². The fourth-order valence-corrected chi connectivity index (χ4v) is 3.98. The molecule has 28 heavy (non-hydrogen) atoms. The van der Waals surface area contributed by atoms with E-state index in [0.717, 1.165) is 30.6 Å². The number of nitrogens with one attached hydrogen (secondary N) is 1. The molecule has 1 amide bonds. The van der Waals surface area contributed by atoms with E-state index >= 15 is 0 Å². The first-order valence-corrected chi connectivity index (χ1v) is 9.82. The number of hydrogen-bond donors (Lipinski definition) is 3. The smallest absolute Gasteiger partial charge is 0.266 e. The van der Waals surface area contributed by atoms with Crippen LogP contribution in [0.1, 0.15) is 32.1 Å². The molecule has 3 heterocycles. The Kier molecular flexibility index (Phi) is 6.85. The van der Waals surface area contributed by atoms with Crippen molar-refractivity contribution in [3.8, 4) is 6.07 Å². The van der Waals surface area contributed by atoms with Crippen LogP contribution >= 0.6 is 0 Å². The van der Waals surface area contributed by atoms with Crippen molar-refractivity contribution in [2.75, 3.05) is 43.2 Å². The van der Waals surface area contributed by atoms with Gasteiger partial charge in [0, 0.05) is 44.1 Å². The van der Waals surface area contributed by atoms with E-state index in [1.807, 2.05) is 11.0 Å². The van der Waals surface area contributed by atoms with Gasteiger partial charge in [0.05, 0.1) is 24.2 Å². The zero-order chi connectivity index (χ0) is 19.9. The molecule has 3 rings (SSSR count). The molecule has 2 aliphatic rings. The molecule has 0 spiro atoms. The van der Waals surface area contributed by atoms with Gasteiger partial charge in [-0.15, -0.1) is 0 Å². The molecule has 0 unspecified atom stereocenters. The molecule has 1 aromatic rings. The van der Waals surface area contributed by atoms with Crippen molar-refractivity contribution in [3.05, 3.63) is 29.7 Å². The Labute approximate surface area is 165 Å². The highest BCUT2D eigenvalue weighted by molar-refractivity contribution is 5.99. The highest BCUT2D eigenvalue weighted by Crippen LogP contribution is 2.38. The first-order valence-electron chi connectivity index (χ1n) is 9.82. The second-order valence-electron chi connectivity index (χ2n) is 7.10. The maximum absolute atomic E-state index is 13.2. The summed E-state index contributed by atoms with van der Waals surface area (Å²) in [5.74, 6) is -0.570. The average Bonchev–Trinajstić information content (AvgIpc) is 3.16. The molecule has 1 saturated heterocycles. The largest absolute Gasteiger partial charge is 0.396 e. The predicted molar refractivity (Wildman–Crippen MR) is 105 cm³/mol. The van der Waals surface area contributed by atoms with E-state index in [0.29, 0.717) is 38.3 Å². The van der Waals surface area contributed by atoms with Gasteiger partial charge < -0.3 is 25.3 Å². The maximum atomic E-state index is 13.2. The lowest BCUT2D eigenvalue weighted by Crippen LogP contribution is -2.39. The number of nitrogens with zero attached hydrogens (tertiary/aromatic N) is 4. The lowest BCUT2D eigenvalue weighted by molar-refractivity contribution is -0.127. The van der Waals surface area contributed by atoms with Crippen LogP contribution in [-0.2, 0) is 4.79 Å². The van der Waals surface area contributed by atoms with Crippen LogP contribution < -0.4 is 10.2 Å². The van der Waals surface area contributed by atoms with Crippen LogP contribution in [0.15, 0.2) is 29.7 Å². The first kappa shape index (κ1) is 20.1. The summed E-state index contributed by atoms with van der Waals surface area (Å²) in [5.41, 5.74) is 2.33. The summed E-state index contributed by atoms with van der Waals surface area (Å²) in [6.45, 7) is 1.54. The minimum Gasteiger partial charge on any atom is -0.396 e. The molecule has 0 radical (unpaired) electrons. The Bertz CT molecular complexity index is 761. The Morgan fingerprint density at radius 3 is 2.61 bits per heavy atom. The monoisotopic (exact) mass is 385 g/mol. The molecule has 2 aliphatic heterocycles. The Morgan fingerprint density at radius 2 is 1.96 bits per heavy atom. The van der Waals surface area contributed by atoms with Crippen LogP contribution in [0, 0.1) is 17.2 Å². The van der Waals surface area contributed by atoms with Gasteiger partial charge in [0.1, 0.15) is 11.6 Å². The number of hydrogen-bond acceptors (Lipinski definition) is 7. The summed E-state index contributed by atoms with van der Waals surface area (Å²) < 4.78 is 0. The molecule has 1 aromatic heterocycles. The van der Waals surface area contributed by atoms with Gasteiger partial charge in [-0.05, 0) is 38.2 Å². The lowest BCUT2D eigenvalue weighted by Gasteiger charge is -2.32. The fraction of sp³-hybridized carbons (Fsp3) is 0.550. The highest BCUT2D eigenvalue weighted by atomic mass is 16.3. The van der Waals surface area contributed by atoms with E-state index in [1.54, 1.807) is 17.3 Å². The Morgan fingerprint density at radius 1 is 1.25 bits per heavy atom. The number of carbonyl (C=O) groups is 1. The number of piperidine rings is 1. The summed E-state index contributed by atoms with van der Waals surface area (Å²) in [4.78, 5) is 21.0. The van der Waals surface area contributed by atoms with Crippen molar-refractivity contribution in [3.63, 3.8) is 0 Å². The van der Waals surface area contributed by atoms with Gasteiger partial charge in [-0.1, -0.05) is 0 Å². The molecule has 0 saturated carbocycles. The third kappa shape index (κ3) is 4.11. The average molecular weight is 385 g/mol. The van der Waals surface area contributed by atoms with Crippen LogP contribution in [0.3, 0.4) is 0 Å². The molecule has 150 valence electrons. The summed E-state index contributed by atoms with van der Waals surface area (Å²) in [6.07, 6.45) is 7.08. The number of anilines is 2. The Balaban J connectivity index is 2.07. The number of carbonyl (C=O) groups excluding carboxylic acids is 1. The summed E-state index contributed by atoms with van der Waals surface area (Å²) in [7, 11) is 0. The van der Waals surface area contributed by atoms with Gasteiger partial charge in [-0.3, -0.25) is 9.78 Å². The molecule has 0 aliphatic carbocycles. The quantitative estimate of drug-likeness (QED) is 0.481. The number of amides is 1. The number of aromatic nitrogens is 1. The number of fused-ring (bicyclic) bond motifs is 1. The standard InChI is InChI=1S/C20H27N5O3/c21-12-16(20(28)24-8-2-1-3-9-24)19(15(5-10-26)6-11-27)25-14-23-17-13-22-7-4-18(17)25/h4,7,13,15,23,26-27H,1-3,5-6,8-11,14H2. The molecular formula is C20H27N5O3. The van der Waals surface area contributed by atoms with Gasteiger partial charge in [0.2, 0.25) is 0 Å². The van der Waals surface area contributed by atoms with Gasteiger partial charge in [-0.25, -0.2) is 0 Å². The van der Waals surface area contributed by atoms with Crippen molar-refractivity contribution in [2.45, 2.75) is 32.1 Å². The van der Waals surface area contributed by atoms with E-state index < -0.39 is 0 Å². The first-order chi connectivity index (χ1) is 13.7. The van der Waals surface area contributed by atoms with Crippen molar-refractivity contribution in [2.24, 2.45) is 5.92 Å². The number of aliphatic hydroxyl groups excluding tert-OH is 2. The zero-order valence-electron chi connectivity index (χ0n) is 16.0. The van der Waals surface area contributed by atoms with E-state index in [2.05, 4.69) is 16.4 Å². The number of allylic oxidation sites excluding steroid dienone is 1. The number of aliphatic hydroxyl groups is 2. The third-order valence-corrected chi connectivity index (χ3v) is 5.37. The number of likely N-dealkylation sites (tertiary alicyclic amines) is 1. The van der Waals surface area contributed by atoms with Crippen LogP contribution in [-0.4, -0.2) is 59.0 Å². The fourth-order valence-electron chi connectivity index (χ4n) is 3.98. The highest BCUT2D eigenvalue weighted by Gasteiger charge is 2.33. The Hall–Kier alpha value is -2.63. The molecule has 8 nitrogen and oxygen atoms in total. The lowest BCUT2D eigenvalue weighted by atomic mass is 9.92. The van der Waals surface area contributed by atoms with E-state index in [4.69, 9.17) is 0 Å². The molecule has 8 heteroatoms. The molecule has 0 atom stereocenters. The van der Waals surface area contributed by atoms with Crippen LogP contribution in [0.5, 0.6) is 0 Å². The van der Waals surface area contributed by atoms with E-state index in [9.17, 15) is 20.3 Å². The topological polar surface area (TPSA) is 113 Å². The van der Waals surface area contributed by atoms with Crippen LogP contribution in [0.2, 0.25) is 0 Å². The SMILES string of the molecule is N#CC(C(=O)N1CCCCC1)=C(C(CCO)CCO)N1CNc2cnccc21. The summed E-state index contributed by atoms with van der Waals surface area (Å²) in [5, 5.41) is 32.3. The number of nitriles is 1. The number of pyridine rings is 1. The van der Waals surface area contributed by atoms with Crippen LogP contribution in [0.25, 0.3) is 0 Å².